The molecule has 4 aromatic carbocycles. The molecule has 0 fully saturated rings. The fourth-order valence-electron chi connectivity index (χ4n) is 5.43. The molecule has 4 aromatic rings. The number of rotatable bonds is 4. The lowest BCUT2D eigenvalue weighted by Gasteiger charge is -2.22. The van der Waals surface area contributed by atoms with Crippen LogP contribution in [0.15, 0.2) is 97.1 Å². The van der Waals surface area contributed by atoms with Gasteiger partial charge in [0.25, 0.3) is 0 Å². The summed E-state index contributed by atoms with van der Waals surface area (Å²) < 4.78 is 12.0. The molecule has 0 N–H and O–H groups in total. The van der Waals surface area contributed by atoms with Gasteiger partial charge in [0.1, 0.15) is 0 Å². The third-order valence-corrected chi connectivity index (χ3v) is 7.48. The largest absolute Gasteiger partial charge is 0.452 e. The number of hydrogen-bond donors (Lipinski definition) is 0. The standard InChI is InChI=1S/C35H30O4/c1-20(2)33(36)38-31-27-12-8-6-10-23(27)25-16-14-21(18-29(25)31)22-15-17-26-24-11-7-9-13-28(24)32(30(26)19-22)39-34(37)35(3,4)5/h6-19,31-32H,1H2,2-5H3. The van der Waals surface area contributed by atoms with Gasteiger partial charge in [0, 0.05) is 27.8 Å². The molecule has 0 aromatic heterocycles. The van der Waals surface area contributed by atoms with Gasteiger partial charge in [-0.2, -0.15) is 0 Å². The summed E-state index contributed by atoms with van der Waals surface area (Å²) in [6.45, 7) is 11.0. The highest BCUT2D eigenvalue weighted by Gasteiger charge is 2.35. The molecule has 4 nitrogen and oxygen atoms in total. The van der Waals surface area contributed by atoms with E-state index in [1.54, 1.807) is 6.92 Å². The van der Waals surface area contributed by atoms with Crippen molar-refractivity contribution in [3.05, 3.63) is 119 Å². The molecule has 0 amide bonds. The first-order chi connectivity index (χ1) is 18.6. The Bertz CT molecular complexity index is 1670. The van der Waals surface area contributed by atoms with E-state index >= 15 is 0 Å². The van der Waals surface area contributed by atoms with Gasteiger partial charge in [-0.05, 0) is 73.2 Å². The van der Waals surface area contributed by atoms with Crippen LogP contribution in [0.2, 0.25) is 0 Å². The molecule has 2 atom stereocenters. The highest BCUT2D eigenvalue weighted by atomic mass is 16.5. The third-order valence-electron chi connectivity index (χ3n) is 7.48. The zero-order valence-corrected chi connectivity index (χ0v) is 22.6. The van der Waals surface area contributed by atoms with Crippen LogP contribution in [0.25, 0.3) is 33.4 Å². The Morgan fingerprint density at radius 2 is 1.08 bits per heavy atom. The van der Waals surface area contributed by atoms with Gasteiger partial charge in [-0.3, -0.25) is 4.79 Å². The maximum Gasteiger partial charge on any atom is 0.334 e. The fourth-order valence-corrected chi connectivity index (χ4v) is 5.43. The second-order valence-electron chi connectivity index (χ2n) is 11.4. The Labute approximate surface area is 228 Å². The highest BCUT2D eigenvalue weighted by Crippen LogP contribution is 2.49. The van der Waals surface area contributed by atoms with Gasteiger partial charge in [0.05, 0.1) is 5.41 Å². The summed E-state index contributed by atoms with van der Waals surface area (Å²) in [7, 11) is 0. The maximum absolute atomic E-state index is 12.9. The van der Waals surface area contributed by atoms with E-state index in [-0.39, 0.29) is 5.97 Å². The van der Waals surface area contributed by atoms with E-state index in [1.807, 2.05) is 57.2 Å². The lowest BCUT2D eigenvalue weighted by Crippen LogP contribution is -2.24. The molecule has 194 valence electrons. The highest BCUT2D eigenvalue weighted by molar-refractivity contribution is 5.89. The smallest absolute Gasteiger partial charge is 0.334 e. The molecule has 0 saturated carbocycles. The average molecular weight is 515 g/mol. The van der Waals surface area contributed by atoms with Gasteiger partial charge in [-0.25, -0.2) is 4.79 Å². The predicted molar refractivity (Wildman–Crippen MR) is 153 cm³/mol. The third kappa shape index (κ3) is 4.17. The Balaban J connectivity index is 1.43. The van der Waals surface area contributed by atoms with Gasteiger partial charge in [0.2, 0.25) is 0 Å². The SMILES string of the molecule is C=C(C)C(=O)OC1c2ccccc2-c2ccc(-c3ccc4c(c3)C(OC(=O)C(C)(C)C)c3ccccc3-4)cc21. The molecule has 4 heteroatoms. The van der Waals surface area contributed by atoms with Crippen LogP contribution in [0.3, 0.4) is 0 Å². The molecule has 2 aliphatic carbocycles. The molecule has 0 radical (unpaired) electrons. The number of ether oxygens (including phenoxy) is 2. The number of esters is 2. The molecule has 0 saturated heterocycles. The summed E-state index contributed by atoms with van der Waals surface area (Å²) in [5, 5.41) is 0. The first kappa shape index (κ1) is 24.9. The quantitative estimate of drug-likeness (QED) is 0.203. The zero-order valence-electron chi connectivity index (χ0n) is 22.6. The molecule has 0 aliphatic heterocycles. The lowest BCUT2D eigenvalue weighted by atomic mass is 9.95. The first-order valence-electron chi connectivity index (χ1n) is 13.2. The molecule has 0 heterocycles. The van der Waals surface area contributed by atoms with Crippen LogP contribution >= 0.6 is 0 Å². The first-order valence-corrected chi connectivity index (χ1v) is 13.2. The Hall–Kier alpha value is -4.44. The summed E-state index contributed by atoms with van der Waals surface area (Å²) in [6.07, 6.45) is -0.967. The van der Waals surface area contributed by atoms with Crippen molar-refractivity contribution in [3.8, 4) is 33.4 Å². The maximum atomic E-state index is 12.9. The molecule has 6 rings (SSSR count). The Kier molecular flexibility index (Phi) is 5.80. The summed E-state index contributed by atoms with van der Waals surface area (Å²) in [4.78, 5) is 25.5. The number of carbonyl (C=O) groups is 2. The number of benzene rings is 4. The summed E-state index contributed by atoms with van der Waals surface area (Å²) in [5.74, 6) is -0.648. The topological polar surface area (TPSA) is 52.6 Å². The fraction of sp³-hybridized carbons (Fsp3) is 0.200. The van der Waals surface area contributed by atoms with E-state index in [1.165, 1.54) is 0 Å². The molecule has 2 unspecified atom stereocenters. The minimum atomic E-state index is -0.611. The van der Waals surface area contributed by atoms with Crippen molar-refractivity contribution in [2.75, 3.05) is 0 Å². The average Bonchev–Trinajstić information content (AvgIpc) is 3.40. The van der Waals surface area contributed by atoms with Gasteiger partial charge in [0.15, 0.2) is 12.2 Å². The van der Waals surface area contributed by atoms with E-state index in [0.717, 1.165) is 55.6 Å². The van der Waals surface area contributed by atoms with E-state index in [9.17, 15) is 9.59 Å². The second kappa shape index (κ2) is 9.09. The minimum absolute atomic E-state index is 0.238. The van der Waals surface area contributed by atoms with Crippen LogP contribution in [-0.4, -0.2) is 11.9 Å². The number of carbonyl (C=O) groups excluding carboxylic acids is 2. The van der Waals surface area contributed by atoms with Crippen LogP contribution in [0.1, 0.15) is 62.2 Å². The minimum Gasteiger partial charge on any atom is -0.452 e. The summed E-state index contributed by atoms with van der Waals surface area (Å²) in [6, 6.07) is 28.7. The number of fused-ring (bicyclic) bond motifs is 6. The van der Waals surface area contributed by atoms with Crippen molar-refractivity contribution in [2.45, 2.75) is 39.9 Å². The predicted octanol–water partition coefficient (Wildman–Crippen LogP) is 8.20. The summed E-state index contributed by atoms with van der Waals surface area (Å²) >= 11 is 0. The monoisotopic (exact) mass is 514 g/mol. The van der Waals surface area contributed by atoms with Crippen LogP contribution in [0.5, 0.6) is 0 Å². The van der Waals surface area contributed by atoms with E-state index in [4.69, 9.17) is 9.47 Å². The van der Waals surface area contributed by atoms with Crippen molar-refractivity contribution >= 4 is 11.9 Å². The van der Waals surface area contributed by atoms with Crippen LogP contribution in [-0.2, 0) is 19.1 Å². The van der Waals surface area contributed by atoms with Crippen molar-refractivity contribution in [1.82, 2.24) is 0 Å². The van der Waals surface area contributed by atoms with E-state index < -0.39 is 23.6 Å². The van der Waals surface area contributed by atoms with Gasteiger partial charge >= 0.3 is 11.9 Å². The van der Waals surface area contributed by atoms with Crippen molar-refractivity contribution in [2.24, 2.45) is 5.41 Å². The van der Waals surface area contributed by atoms with E-state index in [2.05, 4.69) is 55.1 Å². The normalized spacial score (nSPS) is 16.5. The van der Waals surface area contributed by atoms with Gasteiger partial charge < -0.3 is 9.47 Å². The number of hydrogen-bond acceptors (Lipinski definition) is 4. The lowest BCUT2D eigenvalue weighted by molar-refractivity contribution is -0.156. The van der Waals surface area contributed by atoms with Crippen LogP contribution in [0.4, 0.5) is 0 Å². The molecule has 2 aliphatic rings. The van der Waals surface area contributed by atoms with Gasteiger partial charge in [-0.1, -0.05) is 79.4 Å². The van der Waals surface area contributed by atoms with Gasteiger partial charge in [-0.15, -0.1) is 0 Å². The Morgan fingerprint density at radius 1 is 0.641 bits per heavy atom. The molecule has 0 spiro atoms. The molecular weight excluding hydrogens is 484 g/mol. The van der Waals surface area contributed by atoms with Crippen molar-refractivity contribution < 1.29 is 19.1 Å². The zero-order chi connectivity index (χ0) is 27.5. The second-order valence-corrected chi connectivity index (χ2v) is 11.4. The molecule has 39 heavy (non-hydrogen) atoms. The summed E-state index contributed by atoms with van der Waals surface area (Å²) in [5.41, 5.74) is 9.92. The molecular formula is C35H30O4. The molecule has 0 bridgehead atoms. The van der Waals surface area contributed by atoms with Crippen LogP contribution < -0.4 is 0 Å². The van der Waals surface area contributed by atoms with Crippen LogP contribution in [0, 0.1) is 5.41 Å². The van der Waals surface area contributed by atoms with Crippen molar-refractivity contribution in [1.29, 1.82) is 0 Å². The van der Waals surface area contributed by atoms with Crippen molar-refractivity contribution in [3.63, 3.8) is 0 Å². The van der Waals surface area contributed by atoms with E-state index in [0.29, 0.717) is 5.57 Å². The Morgan fingerprint density at radius 3 is 1.54 bits per heavy atom.